The van der Waals surface area contributed by atoms with Crippen LogP contribution in [0.1, 0.15) is 21.7 Å². The molecule has 4 N–H and O–H groups in total. The average molecular weight is 520 g/mol. The lowest BCUT2D eigenvalue weighted by Crippen LogP contribution is -2.32. The number of halogens is 2. The predicted molar refractivity (Wildman–Crippen MR) is 133 cm³/mol. The molecular formula is C23H23Cl2N5O5. The van der Waals surface area contributed by atoms with Gasteiger partial charge in [0, 0.05) is 12.1 Å². The van der Waals surface area contributed by atoms with Gasteiger partial charge in [-0.05, 0) is 48.9 Å². The van der Waals surface area contributed by atoms with E-state index in [1.54, 1.807) is 56.5 Å². The van der Waals surface area contributed by atoms with Crippen molar-refractivity contribution in [2.45, 2.75) is 13.5 Å². The number of aromatic nitrogens is 1. The topological polar surface area (TPSA) is 141 Å². The van der Waals surface area contributed by atoms with E-state index < -0.39 is 12.0 Å². The maximum absolute atomic E-state index is 12.8. The summed E-state index contributed by atoms with van der Waals surface area (Å²) in [5, 5.41) is 9.66. The fraction of sp³-hybridized carbons (Fsp3) is 0.217. The molecule has 0 saturated heterocycles. The van der Waals surface area contributed by atoms with Gasteiger partial charge < -0.3 is 25.0 Å². The summed E-state index contributed by atoms with van der Waals surface area (Å²) >= 11 is 11.7. The van der Waals surface area contributed by atoms with E-state index in [0.29, 0.717) is 33.5 Å². The SMILES string of the molecule is COc1ccc(-c2noc(C)c2C(=O)/N=C(/N)NCc2ccc(NC(=O)OCCCl)c(Cl)c2)cc1. The Bertz CT molecular complexity index is 1230. The average Bonchev–Trinajstić information content (AvgIpc) is 3.24. The second kappa shape index (κ2) is 12.1. The number of nitrogens with two attached hydrogens (primary N) is 1. The minimum atomic E-state index is -0.661. The Hall–Kier alpha value is -3.76. The molecule has 0 unspecified atom stereocenters. The molecular weight excluding hydrogens is 497 g/mol. The third-order valence-corrected chi connectivity index (χ3v) is 5.18. The highest BCUT2D eigenvalue weighted by Gasteiger charge is 2.22. The van der Waals surface area contributed by atoms with Crippen LogP contribution < -0.4 is 21.1 Å². The fourth-order valence-electron chi connectivity index (χ4n) is 3.01. The number of hydrogen-bond donors (Lipinski definition) is 3. The van der Waals surface area contributed by atoms with Crippen molar-refractivity contribution >= 4 is 46.8 Å². The van der Waals surface area contributed by atoms with Gasteiger partial charge in [0.1, 0.15) is 29.4 Å². The summed E-state index contributed by atoms with van der Waals surface area (Å²) in [5.41, 5.74) is 8.26. The van der Waals surface area contributed by atoms with Crippen LogP contribution in [0.5, 0.6) is 5.75 Å². The molecule has 1 heterocycles. The third kappa shape index (κ3) is 6.87. The molecule has 1 aromatic heterocycles. The summed E-state index contributed by atoms with van der Waals surface area (Å²) in [6.07, 6.45) is -0.661. The molecule has 0 aliphatic heterocycles. The van der Waals surface area contributed by atoms with E-state index >= 15 is 0 Å². The Labute approximate surface area is 211 Å². The Kier molecular flexibility index (Phi) is 8.93. The molecule has 184 valence electrons. The minimum absolute atomic E-state index is 0.0837. The molecule has 0 radical (unpaired) electrons. The van der Waals surface area contributed by atoms with Crippen molar-refractivity contribution in [1.29, 1.82) is 0 Å². The van der Waals surface area contributed by atoms with Crippen molar-refractivity contribution < 1.29 is 23.6 Å². The third-order valence-electron chi connectivity index (χ3n) is 4.72. The molecule has 2 amide bonds. The number of rotatable bonds is 8. The van der Waals surface area contributed by atoms with Gasteiger partial charge in [0.15, 0.2) is 5.96 Å². The van der Waals surface area contributed by atoms with Crippen LogP contribution in [-0.2, 0) is 11.3 Å². The number of alkyl halides is 1. The number of nitrogens with one attached hydrogen (secondary N) is 2. The van der Waals surface area contributed by atoms with Crippen molar-refractivity contribution in [2.24, 2.45) is 10.7 Å². The van der Waals surface area contributed by atoms with Crippen molar-refractivity contribution in [1.82, 2.24) is 10.5 Å². The highest BCUT2D eigenvalue weighted by atomic mass is 35.5. The Morgan fingerprint density at radius 3 is 2.60 bits per heavy atom. The first-order valence-electron chi connectivity index (χ1n) is 10.3. The number of aryl methyl sites for hydroxylation is 1. The van der Waals surface area contributed by atoms with Gasteiger partial charge in [0.05, 0.1) is 23.7 Å². The van der Waals surface area contributed by atoms with E-state index in [2.05, 4.69) is 20.8 Å². The zero-order valence-electron chi connectivity index (χ0n) is 18.9. The highest BCUT2D eigenvalue weighted by molar-refractivity contribution is 6.33. The number of anilines is 1. The van der Waals surface area contributed by atoms with E-state index in [0.717, 1.165) is 5.56 Å². The molecule has 0 atom stereocenters. The normalized spacial score (nSPS) is 11.1. The van der Waals surface area contributed by atoms with Gasteiger partial charge in [-0.2, -0.15) is 4.99 Å². The second-order valence-corrected chi connectivity index (χ2v) is 7.90. The summed E-state index contributed by atoms with van der Waals surface area (Å²) in [7, 11) is 1.56. The van der Waals surface area contributed by atoms with Crippen molar-refractivity contribution in [2.75, 3.05) is 24.9 Å². The quantitative estimate of drug-likeness (QED) is 0.226. The Morgan fingerprint density at radius 1 is 1.20 bits per heavy atom. The molecule has 0 saturated carbocycles. The molecule has 3 aromatic rings. The predicted octanol–water partition coefficient (Wildman–Crippen LogP) is 4.34. The monoisotopic (exact) mass is 519 g/mol. The molecule has 0 aliphatic rings. The second-order valence-electron chi connectivity index (χ2n) is 7.11. The van der Waals surface area contributed by atoms with Crippen LogP contribution in [0.2, 0.25) is 5.02 Å². The first-order valence-corrected chi connectivity index (χ1v) is 11.2. The van der Waals surface area contributed by atoms with E-state index in [1.807, 2.05) is 0 Å². The fourth-order valence-corrected chi connectivity index (χ4v) is 3.34. The molecule has 3 rings (SSSR count). The van der Waals surface area contributed by atoms with Crippen LogP contribution in [0, 0.1) is 6.92 Å². The van der Waals surface area contributed by atoms with Gasteiger partial charge in [0.2, 0.25) is 0 Å². The number of amides is 2. The Morgan fingerprint density at radius 2 is 1.94 bits per heavy atom. The Balaban J connectivity index is 1.66. The summed E-state index contributed by atoms with van der Waals surface area (Å²) < 4.78 is 15.2. The summed E-state index contributed by atoms with van der Waals surface area (Å²) in [6, 6.07) is 12.0. The van der Waals surface area contributed by atoms with Gasteiger partial charge in [-0.25, -0.2) is 4.79 Å². The molecule has 0 aliphatic carbocycles. The van der Waals surface area contributed by atoms with E-state index in [4.69, 9.17) is 42.9 Å². The summed E-state index contributed by atoms with van der Waals surface area (Å²) in [5.74, 6) is 0.476. The van der Waals surface area contributed by atoms with Crippen LogP contribution in [-0.4, -0.2) is 42.7 Å². The number of aliphatic imine (C=N–C) groups is 1. The van der Waals surface area contributed by atoms with Gasteiger partial charge in [0.25, 0.3) is 5.91 Å². The molecule has 35 heavy (non-hydrogen) atoms. The molecule has 2 aromatic carbocycles. The van der Waals surface area contributed by atoms with Crippen LogP contribution >= 0.6 is 23.2 Å². The van der Waals surface area contributed by atoms with Crippen molar-refractivity contribution in [3.05, 3.63) is 64.4 Å². The van der Waals surface area contributed by atoms with Crippen LogP contribution in [0.4, 0.5) is 10.5 Å². The zero-order chi connectivity index (χ0) is 25.4. The number of carbonyl (C=O) groups excluding carboxylic acids is 2. The molecule has 0 bridgehead atoms. The van der Waals surface area contributed by atoms with Gasteiger partial charge >= 0.3 is 6.09 Å². The van der Waals surface area contributed by atoms with Crippen molar-refractivity contribution in [3.8, 4) is 17.0 Å². The van der Waals surface area contributed by atoms with Gasteiger partial charge in [-0.3, -0.25) is 10.1 Å². The number of benzene rings is 2. The van der Waals surface area contributed by atoms with Crippen LogP contribution in [0.25, 0.3) is 11.3 Å². The smallest absolute Gasteiger partial charge is 0.411 e. The number of methoxy groups -OCH3 is 1. The van der Waals surface area contributed by atoms with Crippen LogP contribution in [0.3, 0.4) is 0 Å². The number of guanidine groups is 1. The first-order chi connectivity index (χ1) is 16.8. The van der Waals surface area contributed by atoms with Gasteiger partial charge in [-0.15, -0.1) is 11.6 Å². The summed E-state index contributed by atoms with van der Waals surface area (Å²) in [6.45, 7) is 1.93. The van der Waals surface area contributed by atoms with Crippen LogP contribution in [0.15, 0.2) is 52.0 Å². The minimum Gasteiger partial charge on any atom is -0.497 e. The van der Waals surface area contributed by atoms with E-state index in [-0.39, 0.29) is 30.6 Å². The molecule has 10 nitrogen and oxygen atoms in total. The number of hydrogen-bond acceptors (Lipinski definition) is 6. The molecule has 0 spiro atoms. The first kappa shape index (κ1) is 25.9. The maximum Gasteiger partial charge on any atom is 0.411 e. The summed E-state index contributed by atoms with van der Waals surface area (Å²) in [4.78, 5) is 28.4. The number of carbonyl (C=O) groups is 2. The molecule has 0 fully saturated rings. The highest BCUT2D eigenvalue weighted by Crippen LogP contribution is 2.27. The van der Waals surface area contributed by atoms with Gasteiger partial charge in [-0.1, -0.05) is 22.8 Å². The lowest BCUT2D eigenvalue weighted by atomic mass is 10.1. The number of ether oxygens (including phenoxy) is 2. The molecule has 12 heteroatoms. The standard InChI is InChI=1S/C23H23Cl2N5O5/c1-13-19(20(30-35-13)15-4-6-16(33-2)7-5-15)21(31)29-22(26)27-12-14-3-8-18(17(25)11-14)28-23(32)34-10-9-24/h3-8,11H,9-10,12H2,1-2H3,(H,28,32)(H3,26,27,29,31). The number of nitrogens with zero attached hydrogens (tertiary/aromatic N) is 2. The van der Waals surface area contributed by atoms with Crippen molar-refractivity contribution in [3.63, 3.8) is 0 Å². The lowest BCUT2D eigenvalue weighted by Gasteiger charge is -2.10. The zero-order valence-corrected chi connectivity index (χ0v) is 20.4. The largest absolute Gasteiger partial charge is 0.497 e. The van der Waals surface area contributed by atoms with E-state index in [1.165, 1.54) is 0 Å². The van der Waals surface area contributed by atoms with E-state index in [9.17, 15) is 9.59 Å². The lowest BCUT2D eigenvalue weighted by molar-refractivity contribution is 0.100. The maximum atomic E-state index is 12.8.